The molecule has 35 heavy (non-hydrogen) atoms. The van der Waals surface area contributed by atoms with Crippen molar-refractivity contribution in [1.29, 1.82) is 0 Å². The lowest BCUT2D eigenvalue weighted by molar-refractivity contribution is 0.295. The van der Waals surface area contributed by atoms with Gasteiger partial charge in [-0.1, -0.05) is 48.5 Å². The second kappa shape index (κ2) is 9.62. The first-order valence-electron chi connectivity index (χ1n) is 12.3. The highest BCUT2D eigenvalue weighted by Crippen LogP contribution is 2.29. The van der Waals surface area contributed by atoms with Gasteiger partial charge in [-0.15, -0.1) is 0 Å². The van der Waals surface area contributed by atoms with Crippen LogP contribution in [0.25, 0.3) is 21.8 Å². The summed E-state index contributed by atoms with van der Waals surface area (Å²) < 4.78 is 6.00. The zero-order valence-electron chi connectivity index (χ0n) is 19.6. The highest BCUT2D eigenvalue weighted by molar-refractivity contribution is 6.08. The van der Waals surface area contributed by atoms with Crippen LogP contribution in [0, 0.1) is 0 Å². The zero-order chi connectivity index (χ0) is 23.5. The molecule has 1 aliphatic heterocycles. The van der Waals surface area contributed by atoms with E-state index in [4.69, 9.17) is 9.72 Å². The van der Waals surface area contributed by atoms with Gasteiger partial charge < -0.3 is 19.9 Å². The number of hydrogen-bond acceptors (Lipinski definition) is 6. The molecule has 0 atom stereocenters. The molecule has 6 rings (SSSR count). The largest absolute Gasteiger partial charge is 0.463 e. The summed E-state index contributed by atoms with van der Waals surface area (Å²) in [6, 6.07) is 25.3. The zero-order valence-corrected chi connectivity index (χ0v) is 19.6. The molecule has 0 spiro atoms. The molecule has 0 radical (unpaired) electrons. The van der Waals surface area contributed by atoms with Crippen molar-refractivity contribution in [2.45, 2.75) is 25.7 Å². The quantitative estimate of drug-likeness (QED) is 0.314. The highest BCUT2D eigenvalue weighted by atomic mass is 16.5. The molecule has 1 fully saturated rings. The lowest BCUT2D eigenvalue weighted by atomic mass is 10.1. The third-order valence-corrected chi connectivity index (χ3v) is 6.47. The minimum atomic E-state index is 0.354. The van der Waals surface area contributed by atoms with Gasteiger partial charge in [-0.2, -0.15) is 15.0 Å². The van der Waals surface area contributed by atoms with E-state index >= 15 is 0 Å². The Hall–Kier alpha value is -4.13. The van der Waals surface area contributed by atoms with Gasteiger partial charge in [-0.05, 0) is 49.1 Å². The van der Waals surface area contributed by atoms with E-state index in [2.05, 4.69) is 67.6 Å². The number of fused-ring (bicyclic) bond motifs is 3. The molecule has 1 aliphatic rings. The number of hydrogen-bond donors (Lipinski definition) is 2. The summed E-state index contributed by atoms with van der Waals surface area (Å²) in [6.07, 6.45) is 4.34. The predicted molar refractivity (Wildman–Crippen MR) is 141 cm³/mol. The van der Waals surface area contributed by atoms with E-state index in [1.165, 1.54) is 17.4 Å². The van der Waals surface area contributed by atoms with Crippen LogP contribution in [0.1, 0.15) is 24.8 Å². The van der Waals surface area contributed by atoms with E-state index in [1.807, 2.05) is 30.3 Å². The molecular formula is C28H28N6O. The molecule has 3 heterocycles. The van der Waals surface area contributed by atoms with E-state index in [0.29, 0.717) is 24.5 Å². The number of rotatable bonds is 7. The van der Waals surface area contributed by atoms with Crippen molar-refractivity contribution in [3.05, 3.63) is 78.4 Å². The molecule has 0 amide bonds. The Morgan fingerprint density at radius 1 is 0.800 bits per heavy atom. The Bertz CT molecular complexity index is 1440. The van der Waals surface area contributed by atoms with Gasteiger partial charge in [0.05, 0.1) is 6.61 Å². The van der Waals surface area contributed by atoms with Gasteiger partial charge in [-0.25, -0.2) is 0 Å². The van der Waals surface area contributed by atoms with Gasteiger partial charge in [0.25, 0.3) is 0 Å². The Balaban J connectivity index is 1.27. The molecule has 0 unspecified atom stereocenters. The van der Waals surface area contributed by atoms with Crippen LogP contribution in [0.2, 0.25) is 0 Å². The Labute approximate surface area is 204 Å². The third kappa shape index (κ3) is 4.75. The number of piperidine rings is 1. The van der Waals surface area contributed by atoms with Crippen molar-refractivity contribution in [1.82, 2.24) is 19.9 Å². The van der Waals surface area contributed by atoms with Crippen LogP contribution in [0.5, 0.6) is 6.01 Å². The number of anilines is 3. The first-order chi connectivity index (χ1) is 17.3. The van der Waals surface area contributed by atoms with Gasteiger partial charge in [-0.3, -0.25) is 0 Å². The van der Waals surface area contributed by atoms with Crippen molar-refractivity contribution in [2.75, 3.05) is 29.9 Å². The maximum atomic E-state index is 6.00. The smallest absolute Gasteiger partial charge is 0.323 e. The summed E-state index contributed by atoms with van der Waals surface area (Å²) in [6.45, 7) is 2.41. The average Bonchev–Trinajstić information content (AvgIpc) is 3.28. The SMILES string of the molecule is c1ccc(CCOc2nc(Nc3ccc4[nH]c5ccccc5c4c3)nc(N3CCCCC3)n2)cc1. The maximum Gasteiger partial charge on any atom is 0.323 e. The van der Waals surface area contributed by atoms with Gasteiger partial charge in [0.2, 0.25) is 11.9 Å². The Morgan fingerprint density at radius 2 is 1.60 bits per heavy atom. The summed E-state index contributed by atoms with van der Waals surface area (Å²) in [4.78, 5) is 19.7. The summed E-state index contributed by atoms with van der Waals surface area (Å²) in [5.41, 5.74) is 4.38. The standard InChI is InChI=1S/C28H28N6O/c1-3-9-20(10-4-1)15-18-35-28-32-26(31-27(33-28)34-16-7-2-8-17-34)29-21-13-14-25-23(19-21)22-11-5-6-12-24(22)30-25/h1,3-6,9-14,19,30H,2,7-8,15-18H2,(H,29,31,32,33). The van der Waals surface area contributed by atoms with Crippen molar-refractivity contribution < 1.29 is 4.74 Å². The number of H-pyrrole nitrogens is 1. The first-order valence-corrected chi connectivity index (χ1v) is 12.3. The van der Waals surface area contributed by atoms with E-state index in [-0.39, 0.29) is 0 Å². The summed E-state index contributed by atoms with van der Waals surface area (Å²) in [5.74, 6) is 1.17. The van der Waals surface area contributed by atoms with Gasteiger partial charge >= 0.3 is 6.01 Å². The topological polar surface area (TPSA) is 79.0 Å². The summed E-state index contributed by atoms with van der Waals surface area (Å²) in [7, 11) is 0. The lowest BCUT2D eigenvalue weighted by Gasteiger charge is -2.26. The minimum absolute atomic E-state index is 0.354. The summed E-state index contributed by atoms with van der Waals surface area (Å²) in [5, 5.41) is 5.75. The van der Waals surface area contributed by atoms with Crippen LogP contribution >= 0.6 is 0 Å². The average molecular weight is 465 g/mol. The number of aromatic amines is 1. The van der Waals surface area contributed by atoms with Crippen molar-refractivity contribution in [3.8, 4) is 6.01 Å². The van der Waals surface area contributed by atoms with E-state index in [1.54, 1.807) is 0 Å². The fourth-order valence-corrected chi connectivity index (χ4v) is 4.66. The van der Waals surface area contributed by atoms with Gasteiger partial charge in [0, 0.05) is 47.0 Å². The molecule has 7 nitrogen and oxygen atoms in total. The molecule has 3 aromatic carbocycles. The monoisotopic (exact) mass is 464 g/mol. The van der Waals surface area contributed by atoms with Crippen LogP contribution in [-0.2, 0) is 6.42 Å². The molecule has 2 N–H and O–H groups in total. The van der Waals surface area contributed by atoms with Crippen molar-refractivity contribution in [2.24, 2.45) is 0 Å². The number of nitrogens with zero attached hydrogens (tertiary/aromatic N) is 4. The fourth-order valence-electron chi connectivity index (χ4n) is 4.66. The second-order valence-electron chi connectivity index (χ2n) is 8.93. The van der Waals surface area contributed by atoms with Crippen molar-refractivity contribution >= 4 is 39.4 Å². The van der Waals surface area contributed by atoms with E-state index < -0.39 is 0 Å². The molecule has 1 saturated heterocycles. The van der Waals surface area contributed by atoms with Crippen molar-refractivity contribution in [3.63, 3.8) is 0 Å². The number of aromatic nitrogens is 4. The van der Waals surface area contributed by atoms with E-state index in [9.17, 15) is 0 Å². The molecule has 176 valence electrons. The summed E-state index contributed by atoms with van der Waals surface area (Å²) >= 11 is 0. The van der Waals surface area contributed by atoms with Gasteiger partial charge in [0.1, 0.15) is 0 Å². The lowest BCUT2D eigenvalue weighted by Crippen LogP contribution is -2.31. The fraction of sp³-hybridized carbons (Fsp3) is 0.250. The predicted octanol–water partition coefficient (Wildman–Crippen LogP) is 5.86. The normalized spacial score (nSPS) is 13.9. The molecule has 7 heteroatoms. The third-order valence-electron chi connectivity index (χ3n) is 6.47. The second-order valence-corrected chi connectivity index (χ2v) is 8.93. The number of nitrogens with one attached hydrogen (secondary N) is 2. The minimum Gasteiger partial charge on any atom is -0.463 e. The molecule has 0 bridgehead atoms. The molecule has 0 saturated carbocycles. The molecular weight excluding hydrogens is 436 g/mol. The van der Waals surface area contributed by atoms with Gasteiger partial charge in [0.15, 0.2) is 0 Å². The maximum absolute atomic E-state index is 6.00. The number of benzene rings is 3. The first kappa shape index (κ1) is 21.4. The Morgan fingerprint density at radius 3 is 2.49 bits per heavy atom. The van der Waals surface area contributed by atoms with Crippen LogP contribution in [0.3, 0.4) is 0 Å². The van der Waals surface area contributed by atoms with Crippen LogP contribution in [0.15, 0.2) is 72.8 Å². The van der Waals surface area contributed by atoms with Crippen LogP contribution in [0.4, 0.5) is 17.6 Å². The van der Waals surface area contributed by atoms with E-state index in [0.717, 1.165) is 54.5 Å². The highest BCUT2D eigenvalue weighted by Gasteiger charge is 2.17. The number of para-hydroxylation sites is 1. The molecule has 0 aliphatic carbocycles. The molecule has 5 aromatic rings. The number of ether oxygens (including phenoxy) is 1. The van der Waals surface area contributed by atoms with Crippen LogP contribution < -0.4 is 15.0 Å². The molecule has 2 aromatic heterocycles. The van der Waals surface area contributed by atoms with Crippen LogP contribution in [-0.4, -0.2) is 39.6 Å². The Kier molecular flexibility index (Phi) is 5.88.